The molecule has 0 spiro atoms. The molecular weight excluding hydrogens is 721 g/mol. The summed E-state index contributed by atoms with van der Waals surface area (Å²) in [5.41, 5.74) is 10.3. The Morgan fingerprint density at radius 2 is 1.31 bits per heavy atom. The first-order valence-electron chi connectivity index (χ1n) is 12.2. The van der Waals surface area contributed by atoms with Gasteiger partial charge in [0.2, 0.25) is 0 Å². The average Bonchev–Trinajstić information content (AvgIpc) is 2.96. The van der Waals surface area contributed by atoms with Gasteiger partial charge in [-0.05, 0) is 54.6 Å². The van der Waals surface area contributed by atoms with Crippen LogP contribution in [0.4, 0.5) is 51.2 Å². The van der Waals surface area contributed by atoms with Crippen molar-refractivity contribution in [1.29, 1.82) is 0 Å². The largest absolute Gasteiger partial charge is 0.505 e. The smallest absolute Gasteiger partial charge is 0.339 e. The number of aromatic hydroxyl groups is 1. The molecule has 0 aliphatic carbocycles. The van der Waals surface area contributed by atoms with E-state index in [4.69, 9.17) is 11.5 Å². The molecular formula is C25H20N8Na3O11S2. The number of nitrogens with two attached hydrogens (primary N) is 2. The number of nitro groups is 1. The van der Waals surface area contributed by atoms with E-state index in [0.717, 1.165) is 12.1 Å². The molecule has 19 nitrogen and oxygen atoms in total. The number of benzene rings is 4. The standard InChI is InChI=1S/C25H20N8O11S2.3Na/c26-17-10-18(27)21(31-32-22-9-15(45(39,40)41)8-16(24(22)34)25(35)36)11-20(17)30-29-13-3-1-12(2-4-13)28-19-6-5-14(33(37)38)7-23(19)46(42,43)44;;;/h1-11,28,34H,26-27H2,(H,35,36)(H,39,40,41)(H,42,43,44);;;. The summed E-state index contributed by atoms with van der Waals surface area (Å²) in [4.78, 5) is 20.0. The van der Waals surface area contributed by atoms with Gasteiger partial charge in [-0.15, -0.1) is 15.3 Å². The van der Waals surface area contributed by atoms with Crippen molar-refractivity contribution < 1.29 is 45.9 Å². The fourth-order valence-electron chi connectivity index (χ4n) is 3.69. The van der Waals surface area contributed by atoms with Crippen LogP contribution in [0.3, 0.4) is 0 Å². The molecule has 0 fully saturated rings. The zero-order valence-electron chi connectivity index (χ0n) is 25.7. The fraction of sp³-hybridized carbons (Fsp3) is 0. The Balaban J connectivity index is 0.00000400. The van der Waals surface area contributed by atoms with Crippen molar-refractivity contribution in [3.05, 3.63) is 82.4 Å². The van der Waals surface area contributed by atoms with E-state index in [-0.39, 0.29) is 123 Å². The van der Waals surface area contributed by atoms with Crippen molar-refractivity contribution in [2.24, 2.45) is 20.5 Å². The molecule has 0 aliphatic heterocycles. The molecule has 4 rings (SSSR count). The summed E-state index contributed by atoms with van der Waals surface area (Å²) in [6, 6.07) is 12.5. The zero-order chi connectivity index (χ0) is 34.0. The van der Waals surface area contributed by atoms with Gasteiger partial charge in [-0.2, -0.15) is 21.9 Å². The van der Waals surface area contributed by atoms with Crippen LogP contribution in [0.25, 0.3) is 0 Å². The molecule has 0 unspecified atom stereocenters. The van der Waals surface area contributed by atoms with E-state index in [9.17, 15) is 51.1 Å². The molecule has 4 aromatic carbocycles. The van der Waals surface area contributed by atoms with Crippen LogP contribution >= 0.6 is 0 Å². The molecule has 9 N–H and O–H groups in total. The number of azo groups is 2. The summed E-state index contributed by atoms with van der Waals surface area (Å²) in [5, 5.41) is 48.8. The number of carboxylic acids is 1. The molecule has 0 aliphatic rings. The zero-order valence-corrected chi connectivity index (χ0v) is 33.3. The maximum Gasteiger partial charge on any atom is 0.339 e. The third-order valence-corrected chi connectivity index (χ3v) is 7.63. The van der Waals surface area contributed by atoms with Gasteiger partial charge in [-0.1, -0.05) is 0 Å². The number of nitrogens with zero attached hydrogens (tertiary/aromatic N) is 5. The predicted molar refractivity (Wildman–Crippen MR) is 178 cm³/mol. The first-order valence-corrected chi connectivity index (χ1v) is 15.1. The number of carbonyl (C=O) groups is 1. The normalized spacial score (nSPS) is 11.3. The molecule has 0 saturated carbocycles. The van der Waals surface area contributed by atoms with E-state index in [1.807, 2.05) is 0 Å². The van der Waals surface area contributed by atoms with E-state index < -0.39 is 63.6 Å². The third kappa shape index (κ3) is 11.2. The molecule has 0 heterocycles. The number of carboxylic acid groups (broad SMARTS) is 1. The van der Waals surface area contributed by atoms with Crippen LogP contribution in [0.2, 0.25) is 0 Å². The summed E-state index contributed by atoms with van der Waals surface area (Å²) < 4.78 is 65.4. The Hall–Kier alpha value is -3.03. The maximum absolute atomic E-state index is 11.8. The van der Waals surface area contributed by atoms with Crippen LogP contribution < -0.4 is 16.8 Å². The molecule has 0 atom stereocenters. The summed E-state index contributed by atoms with van der Waals surface area (Å²) >= 11 is 0. The van der Waals surface area contributed by atoms with Gasteiger partial charge in [0.15, 0.2) is 5.75 Å². The predicted octanol–water partition coefficient (Wildman–Crippen LogP) is 4.09. The first-order chi connectivity index (χ1) is 21.4. The van der Waals surface area contributed by atoms with Crippen molar-refractivity contribution in [3.63, 3.8) is 0 Å². The van der Waals surface area contributed by atoms with Gasteiger partial charge >= 0.3 is 5.97 Å². The second-order valence-electron chi connectivity index (χ2n) is 9.07. The van der Waals surface area contributed by atoms with Crippen molar-refractivity contribution in [2.45, 2.75) is 9.79 Å². The number of anilines is 4. The third-order valence-electron chi connectivity index (χ3n) is 5.91. The summed E-state index contributed by atoms with van der Waals surface area (Å²) in [6.07, 6.45) is 0. The van der Waals surface area contributed by atoms with E-state index >= 15 is 0 Å². The summed E-state index contributed by atoms with van der Waals surface area (Å²) in [5.74, 6) is -2.63. The SMILES string of the molecule is Nc1cc(N)c(N=Nc2cc(S(=O)(=O)O)cc(C(=O)O)c2O)cc1N=Nc1ccc(Nc2ccc([N+](=O)[O-])cc2S(=O)(=O)O)cc1.[Na].[Na].[Na]. The number of phenols is 1. The number of hydrogen-bond donors (Lipinski definition) is 7. The minimum absolute atomic E-state index is 0. The van der Waals surface area contributed by atoms with Gasteiger partial charge in [-0.3, -0.25) is 19.2 Å². The van der Waals surface area contributed by atoms with Gasteiger partial charge in [0.1, 0.15) is 27.5 Å². The molecule has 0 bridgehead atoms. The Morgan fingerprint density at radius 1 is 0.755 bits per heavy atom. The van der Waals surface area contributed by atoms with Crippen molar-refractivity contribution in [2.75, 3.05) is 16.8 Å². The Kier molecular flexibility index (Phi) is 15.9. The van der Waals surface area contributed by atoms with Gasteiger partial charge in [0.25, 0.3) is 25.9 Å². The number of nitrogen functional groups attached to an aromatic ring is 2. The second kappa shape index (κ2) is 17.8. The van der Waals surface area contributed by atoms with E-state index in [0.29, 0.717) is 23.9 Å². The summed E-state index contributed by atoms with van der Waals surface area (Å²) in [6.45, 7) is 0. The quantitative estimate of drug-likeness (QED) is 0.0301. The molecule has 0 saturated heterocycles. The van der Waals surface area contributed by atoms with Crippen LogP contribution in [0.5, 0.6) is 5.75 Å². The fourth-order valence-corrected chi connectivity index (χ4v) is 4.89. The van der Waals surface area contributed by atoms with Crippen molar-refractivity contribution in [1.82, 2.24) is 0 Å². The number of nitrogens with one attached hydrogen (secondary N) is 1. The molecule has 49 heavy (non-hydrogen) atoms. The monoisotopic (exact) mass is 741 g/mol. The van der Waals surface area contributed by atoms with Gasteiger partial charge in [0, 0.05) is 106 Å². The number of aromatic carboxylic acids is 1. The van der Waals surface area contributed by atoms with Gasteiger partial charge < -0.3 is 27.0 Å². The van der Waals surface area contributed by atoms with Crippen LogP contribution in [-0.4, -0.2) is 136 Å². The Morgan fingerprint density at radius 3 is 1.82 bits per heavy atom. The van der Waals surface area contributed by atoms with Crippen LogP contribution in [0.15, 0.2) is 97.0 Å². The van der Waals surface area contributed by atoms with Gasteiger partial charge in [-0.25, -0.2) is 4.79 Å². The second-order valence-corrected chi connectivity index (χ2v) is 11.9. The van der Waals surface area contributed by atoms with E-state index in [1.54, 1.807) is 0 Å². The number of rotatable bonds is 10. The topological polar surface area (TPSA) is 323 Å². The van der Waals surface area contributed by atoms with E-state index in [1.165, 1.54) is 36.4 Å². The molecule has 3 radical (unpaired) electrons. The number of hydrogen-bond acceptors (Lipinski definition) is 15. The molecule has 241 valence electrons. The Bertz CT molecular complexity index is 2190. The van der Waals surface area contributed by atoms with Crippen LogP contribution in [0, 0.1) is 10.1 Å². The molecule has 4 aromatic rings. The Labute approximate surface area is 343 Å². The minimum Gasteiger partial charge on any atom is -0.505 e. The average molecular weight is 742 g/mol. The van der Waals surface area contributed by atoms with Crippen LogP contribution in [0.1, 0.15) is 10.4 Å². The molecule has 0 aromatic heterocycles. The first kappa shape index (κ1) is 44.0. The molecule has 0 amide bonds. The number of non-ortho nitro benzene ring substituents is 1. The van der Waals surface area contributed by atoms with Crippen LogP contribution in [-0.2, 0) is 20.2 Å². The number of nitro benzene ring substituents is 1. The summed E-state index contributed by atoms with van der Waals surface area (Å²) in [7, 11) is -9.68. The van der Waals surface area contributed by atoms with E-state index in [2.05, 4.69) is 25.8 Å². The maximum atomic E-state index is 11.8. The van der Waals surface area contributed by atoms with Gasteiger partial charge in [0.05, 0.1) is 32.6 Å². The van der Waals surface area contributed by atoms with Crippen molar-refractivity contribution in [3.8, 4) is 5.75 Å². The van der Waals surface area contributed by atoms with Crippen molar-refractivity contribution >= 4 is 166 Å². The molecule has 24 heteroatoms. The minimum atomic E-state index is -4.87.